The van der Waals surface area contributed by atoms with E-state index in [4.69, 9.17) is 9.47 Å². The molecule has 2 atom stereocenters. The summed E-state index contributed by atoms with van der Waals surface area (Å²) in [7, 11) is 1.34. The van der Waals surface area contributed by atoms with Crippen LogP contribution in [0.3, 0.4) is 0 Å². The summed E-state index contributed by atoms with van der Waals surface area (Å²) in [5.74, 6) is 1.54. The van der Waals surface area contributed by atoms with Gasteiger partial charge >= 0.3 is 5.97 Å². The lowest BCUT2D eigenvalue weighted by molar-refractivity contribution is 0.0584. The van der Waals surface area contributed by atoms with E-state index in [0.29, 0.717) is 0 Å². The number of methoxy groups -OCH3 is 1. The van der Waals surface area contributed by atoms with Gasteiger partial charge in [0.15, 0.2) is 0 Å². The number of esters is 1. The molecular weight excluding hydrogens is 306 g/mol. The van der Waals surface area contributed by atoms with Crippen LogP contribution in [-0.4, -0.2) is 34.6 Å². The molecule has 1 N–H and O–H groups in total. The van der Waals surface area contributed by atoms with Crippen molar-refractivity contribution in [1.82, 2.24) is 15.4 Å². The Morgan fingerprint density at radius 1 is 0.958 bits per heavy atom. The van der Waals surface area contributed by atoms with Gasteiger partial charge in [-0.3, -0.25) is 0 Å². The Morgan fingerprint density at radius 2 is 1.67 bits per heavy atom. The van der Waals surface area contributed by atoms with Crippen LogP contribution in [0.1, 0.15) is 81.1 Å². The summed E-state index contributed by atoms with van der Waals surface area (Å²) in [6, 6.07) is 0. The predicted molar refractivity (Wildman–Crippen MR) is 89.9 cm³/mol. The van der Waals surface area contributed by atoms with E-state index in [2.05, 4.69) is 15.4 Å². The molecule has 2 fully saturated rings. The van der Waals surface area contributed by atoms with Crippen molar-refractivity contribution in [3.05, 3.63) is 5.69 Å². The number of rotatable bonds is 4. The van der Waals surface area contributed by atoms with Gasteiger partial charge in [0.05, 0.1) is 7.11 Å². The minimum absolute atomic E-state index is 0.120. The van der Waals surface area contributed by atoms with E-state index in [0.717, 1.165) is 24.7 Å². The molecule has 134 valence electrons. The van der Waals surface area contributed by atoms with Crippen molar-refractivity contribution in [2.45, 2.75) is 76.7 Å². The quantitative estimate of drug-likeness (QED) is 0.667. The van der Waals surface area contributed by atoms with E-state index in [1.807, 2.05) is 0 Å². The second-order valence-corrected chi connectivity index (χ2v) is 7.24. The highest BCUT2D eigenvalue weighted by molar-refractivity contribution is 5.89. The minimum Gasteiger partial charge on any atom is -0.472 e. The second-order valence-electron chi connectivity index (χ2n) is 7.24. The molecule has 3 rings (SSSR count). The number of hydrogen-bond donors (Lipinski definition) is 1. The van der Waals surface area contributed by atoms with Crippen LogP contribution in [0.25, 0.3) is 0 Å². The molecule has 0 aliphatic heterocycles. The number of nitrogens with one attached hydrogen (secondary N) is 1. The SMILES string of the molecule is COC(=O)c1[nH]nnc1OC1CCCC(C2CCCCCC2)CC1. The van der Waals surface area contributed by atoms with Crippen LogP contribution in [-0.2, 0) is 4.74 Å². The first-order valence-corrected chi connectivity index (χ1v) is 9.44. The second kappa shape index (κ2) is 8.49. The van der Waals surface area contributed by atoms with Crippen molar-refractivity contribution in [1.29, 1.82) is 0 Å². The maximum Gasteiger partial charge on any atom is 0.361 e. The van der Waals surface area contributed by atoms with E-state index in [9.17, 15) is 4.79 Å². The van der Waals surface area contributed by atoms with E-state index in [-0.39, 0.29) is 17.7 Å². The first-order valence-electron chi connectivity index (χ1n) is 9.44. The topological polar surface area (TPSA) is 77.1 Å². The third-order valence-corrected chi connectivity index (χ3v) is 5.71. The van der Waals surface area contributed by atoms with Gasteiger partial charge in [-0.2, -0.15) is 0 Å². The van der Waals surface area contributed by atoms with Crippen molar-refractivity contribution in [2.24, 2.45) is 11.8 Å². The molecule has 24 heavy (non-hydrogen) atoms. The summed E-state index contributed by atoms with van der Waals surface area (Å²) in [6.07, 6.45) is 14.4. The van der Waals surface area contributed by atoms with Crippen LogP contribution >= 0.6 is 0 Å². The fourth-order valence-electron chi connectivity index (χ4n) is 4.36. The molecule has 2 saturated carbocycles. The van der Waals surface area contributed by atoms with Crippen LogP contribution in [0.2, 0.25) is 0 Å². The Kier molecular flexibility index (Phi) is 6.10. The molecule has 0 bridgehead atoms. The number of ether oxygens (including phenoxy) is 2. The van der Waals surface area contributed by atoms with E-state index in [1.54, 1.807) is 0 Å². The number of nitrogens with zero attached hydrogens (tertiary/aromatic N) is 2. The Balaban J connectivity index is 1.56. The summed E-state index contributed by atoms with van der Waals surface area (Å²) >= 11 is 0. The highest BCUT2D eigenvalue weighted by Crippen LogP contribution is 2.37. The molecule has 0 radical (unpaired) electrons. The zero-order valence-corrected chi connectivity index (χ0v) is 14.6. The molecular formula is C18H29N3O3. The summed E-state index contributed by atoms with van der Waals surface area (Å²) < 4.78 is 10.7. The van der Waals surface area contributed by atoms with Crippen LogP contribution in [0.4, 0.5) is 0 Å². The molecule has 2 aliphatic rings. The summed E-state index contributed by atoms with van der Waals surface area (Å²) in [5, 5.41) is 10.1. The molecule has 0 amide bonds. The third-order valence-electron chi connectivity index (χ3n) is 5.71. The lowest BCUT2D eigenvalue weighted by atomic mass is 9.81. The molecule has 0 saturated heterocycles. The number of carbonyl (C=O) groups excluding carboxylic acids is 1. The smallest absolute Gasteiger partial charge is 0.361 e. The molecule has 0 aromatic carbocycles. The Labute approximate surface area is 143 Å². The van der Waals surface area contributed by atoms with Crippen molar-refractivity contribution < 1.29 is 14.3 Å². The van der Waals surface area contributed by atoms with Gasteiger partial charge < -0.3 is 9.47 Å². The van der Waals surface area contributed by atoms with Crippen LogP contribution in [0.5, 0.6) is 5.88 Å². The highest BCUT2D eigenvalue weighted by Gasteiger charge is 2.28. The first-order chi connectivity index (χ1) is 11.8. The van der Waals surface area contributed by atoms with E-state index < -0.39 is 5.97 Å². The largest absolute Gasteiger partial charge is 0.472 e. The zero-order valence-electron chi connectivity index (χ0n) is 14.6. The van der Waals surface area contributed by atoms with Gasteiger partial charge in [-0.1, -0.05) is 55.3 Å². The molecule has 1 aromatic rings. The molecule has 2 unspecified atom stereocenters. The highest BCUT2D eigenvalue weighted by atomic mass is 16.5. The van der Waals surface area contributed by atoms with Gasteiger partial charge in [-0.25, -0.2) is 9.89 Å². The van der Waals surface area contributed by atoms with Gasteiger partial charge in [0.1, 0.15) is 6.10 Å². The number of hydrogen-bond acceptors (Lipinski definition) is 5. The molecule has 6 nitrogen and oxygen atoms in total. The van der Waals surface area contributed by atoms with E-state index in [1.165, 1.54) is 64.9 Å². The fourth-order valence-corrected chi connectivity index (χ4v) is 4.36. The molecule has 6 heteroatoms. The maximum atomic E-state index is 11.7. The summed E-state index contributed by atoms with van der Waals surface area (Å²) in [4.78, 5) is 11.7. The van der Waals surface area contributed by atoms with E-state index >= 15 is 0 Å². The molecule has 1 aromatic heterocycles. The number of aromatic amines is 1. The maximum absolute atomic E-state index is 11.7. The van der Waals surface area contributed by atoms with Crippen molar-refractivity contribution in [3.63, 3.8) is 0 Å². The third kappa shape index (κ3) is 4.28. The van der Waals surface area contributed by atoms with Crippen LogP contribution in [0, 0.1) is 11.8 Å². The summed E-state index contributed by atoms with van der Waals surface area (Å²) in [6.45, 7) is 0. The lowest BCUT2D eigenvalue weighted by Gasteiger charge is -2.25. The molecule has 1 heterocycles. The zero-order chi connectivity index (χ0) is 16.8. The van der Waals surface area contributed by atoms with Gasteiger partial charge in [-0.15, -0.1) is 0 Å². The normalized spacial score (nSPS) is 26.4. The summed E-state index contributed by atoms with van der Waals surface area (Å²) in [5.41, 5.74) is 0.210. The lowest BCUT2D eigenvalue weighted by Crippen LogP contribution is -2.18. The standard InChI is InChI=1S/C18H29N3O3/c1-23-18(22)16-17(20-21-19-16)24-15-10-6-9-14(11-12-15)13-7-4-2-3-5-8-13/h13-15H,2-12H2,1H3,(H,19,20,21). The Bertz CT molecular complexity index is 523. The average Bonchev–Trinajstić information content (AvgIpc) is 2.80. The van der Waals surface area contributed by atoms with Gasteiger partial charge in [0, 0.05) is 0 Å². The predicted octanol–water partition coefficient (Wildman–Crippen LogP) is 3.89. The van der Waals surface area contributed by atoms with Crippen LogP contribution < -0.4 is 4.74 Å². The fraction of sp³-hybridized carbons (Fsp3) is 0.833. The molecule has 0 spiro atoms. The Morgan fingerprint density at radius 3 is 2.42 bits per heavy atom. The minimum atomic E-state index is -0.486. The van der Waals surface area contributed by atoms with Gasteiger partial charge in [0.25, 0.3) is 5.88 Å². The number of carbonyl (C=O) groups is 1. The van der Waals surface area contributed by atoms with Crippen LogP contribution in [0.15, 0.2) is 0 Å². The number of aromatic nitrogens is 3. The van der Waals surface area contributed by atoms with Crippen molar-refractivity contribution in [3.8, 4) is 5.88 Å². The van der Waals surface area contributed by atoms with Crippen molar-refractivity contribution >= 4 is 5.97 Å². The monoisotopic (exact) mass is 335 g/mol. The Hall–Kier alpha value is -1.59. The first kappa shape index (κ1) is 17.2. The van der Waals surface area contributed by atoms with Crippen molar-refractivity contribution in [2.75, 3.05) is 7.11 Å². The molecule has 2 aliphatic carbocycles. The van der Waals surface area contributed by atoms with Gasteiger partial charge in [0.2, 0.25) is 5.69 Å². The van der Waals surface area contributed by atoms with Gasteiger partial charge in [-0.05, 0) is 37.5 Å². The average molecular weight is 335 g/mol. The number of H-pyrrole nitrogens is 1.